The molecule has 0 aliphatic carbocycles. The molecule has 0 aliphatic heterocycles. The Morgan fingerprint density at radius 2 is 1.07 bits per heavy atom. The number of hydrogen-bond acceptors (Lipinski definition) is 4. The fourth-order valence-corrected chi connectivity index (χ4v) is 6.50. The van der Waals surface area contributed by atoms with E-state index in [4.69, 9.17) is 15.0 Å². The van der Waals surface area contributed by atoms with Crippen molar-refractivity contribution in [3.63, 3.8) is 0 Å². The van der Waals surface area contributed by atoms with E-state index in [1.165, 1.54) is 10.8 Å². The fourth-order valence-electron chi connectivity index (χ4n) is 5.39. The fraction of sp³-hybridized carbons (Fsp3) is 0. The predicted octanol–water partition coefficient (Wildman–Crippen LogP) is 9.18. The molecule has 0 amide bonds. The van der Waals surface area contributed by atoms with Crippen molar-refractivity contribution in [2.75, 3.05) is 0 Å². The minimum atomic E-state index is 0.647. The highest BCUT2D eigenvalue weighted by atomic mass is 32.1. The van der Waals surface area contributed by atoms with Gasteiger partial charge < -0.3 is 0 Å². The maximum absolute atomic E-state index is 5.18. The van der Waals surface area contributed by atoms with Crippen molar-refractivity contribution in [2.24, 2.45) is 0 Å². The van der Waals surface area contributed by atoms with Gasteiger partial charge in [-0.3, -0.25) is 4.57 Å². The molecular formula is C35H22N4S. The van der Waals surface area contributed by atoms with Crippen molar-refractivity contribution in [3.8, 4) is 39.0 Å². The summed E-state index contributed by atoms with van der Waals surface area (Å²) >= 11 is 1.72. The van der Waals surface area contributed by atoms with Gasteiger partial charge in [0.05, 0.1) is 32.6 Å². The number of nitrogens with zero attached hydrogens (tertiary/aromatic N) is 4. The lowest BCUT2D eigenvalue weighted by Gasteiger charge is -2.12. The largest absolute Gasteiger partial charge is 0.276 e. The van der Waals surface area contributed by atoms with Crippen LogP contribution in [0.15, 0.2) is 133 Å². The summed E-state index contributed by atoms with van der Waals surface area (Å²) < 4.78 is 3.35. The van der Waals surface area contributed by atoms with Gasteiger partial charge in [0.1, 0.15) is 5.01 Å². The van der Waals surface area contributed by atoms with Crippen molar-refractivity contribution < 1.29 is 0 Å². The minimum absolute atomic E-state index is 0.647. The first-order valence-electron chi connectivity index (χ1n) is 13.2. The van der Waals surface area contributed by atoms with E-state index in [9.17, 15) is 0 Å². The Hall–Kier alpha value is -5.13. The van der Waals surface area contributed by atoms with Crippen LogP contribution in [0.25, 0.3) is 71.1 Å². The van der Waals surface area contributed by atoms with E-state index in [-0.39, 0.29) is 0 Å². The van der Waals surface area contributed by atoms with Gasteiger partial charge in [-0.2, -0.15) is 0 Å². The average Bonchev–Trinajstić information content (AvgIpc) is 3.62. The molecule has 8 aromatic rings. The second kappa shape index (κ2) is 9.26. The molecule has 0 spiro atoms. The summed E-state index contributed by atoms with van der Waals surface area (Å²) in [5.41, 5.74) is 8.13. The number of fused-ring (bicyclic) bond motifs is 5. The first-order chi connectivity index (χ1) is 19.8. The van der Waals surface area contributed by atoms with Crippen LogP contribution in [-0.2, 0) is 0 Å². The summed E-state index contributed by atoms with van der Waals surface area (Å²) in [5, 5.41) is 3.34. The molecule has 40 heavy (non-hydrogen) atoms. The first kappa shape index (κ1) is 22.8. The molecule has 0 fully saturated rings. The molecule has 5 aromatic carbocycles. The molecule has 0 unspecified atom stereocenters. The Kier molecular flexibility index (Phi) is 5.28. The van der Waals surface area contributed by atoms with Gasteiger partial charge in [-0.1, -0.05) is 109 Å². The van der Waals surface area contributed by atoms with Crippen molar-refractivity contribution in [1.29, 1.82) is 0 Å². The minimum Gasteiger partial charge on any atom is -0.276 e. The molecule has 0 bridgehead atoms. The van der Waals surface area contributed by atoms with Crippen molar-refractivity contribution in [2.45, 2.75) is 0 Å². The van der Waals surface area contributed by atoms with E-state index < -0.39 is 0 Å². The molecule has 0 radical (unpaired) electrons. The second-order valence-electron chi connectivity index (χ2n) is 9.72. The molecule has 0 aliphatic rings. The molecule has 0 atom stereocenters. The Morgan fingerprint density at radius 3 is 1.73 bits per heavy atom. The van der Waals surface area contributed by atoms with Gasteiger partial charge in [0.15, 0.2) is 0 Å². The number of hydrogen-bond donors (Lipinski definition) is 0. The van der Waals surface area contributed by atoms with E-state index in [1.54, 1.807) is 11.3 Å². The van der Waals surface area contributed by atoms with Crippen LogP contribution in [-0.4, -0.2) is 19.5 Å². The maximum Gasteiger partial charge on any atom is 0.235 e. The van der Waals surface area contributed by atoms with Crippen LogP contribution in [0, 0.1) is 0 Å². The molecular weight excluding hydrogens is 508 g/mol. The monoisotopic (exact) mass is 530 g/mol. The Labute approximate surface area is 234 Å². The second-order valence-corrected chi connectivity index (χ2v) is 10.7. The van der Waals surface area contributed by atoms with Gasteiger partial charge in [0.25, 0.3) is 0 Å². The zero-order valence-corrected chi connectivity index (χ0v) is 22.2. The lowest BCUT2D eigenvalue weighted by molar-refractivity contribution is 0.998. The van der Waals surface area contributed by atoms with Crippen LogP contribution in [0.5, 0.6) is 0 Å². The third-order valence-electron chi connectivity index (χ3n) is 7.26. The smallest absolute Gasteiger partial charge is 0.235 e. The normalized spacial score (nSPS) is 11.5. The zero-order valence-electron chi connectivity index (χ0n) is 21.4. The number of rotatable bonds is 4. The zero-order chi connectivity index (χ0) is 26.5. The van der Waals surface area contributed by atoms with E-state index in [0.717, 1.165) is 54.3 Å². The number of aromatic nitrogens is 4. The van der Waals surface area contributed by atoms with Gasteiger partial charge in [-0.05, 0) is 24.3 Å². The van der Waals surface area contributed by atoms with Crippen molar-refractivity contribution >= 4 is 43.4 Å². The molecule has 3 heterocycles. The molecule has 0 N–H and O–H groups in total. The Morgan fingerprint density at radius 1 is 0.500 bits per heavy atom. The molecule has 4 nitrogen and oxygen atoms in total. The van der Waals surface area contributed by atoms with Crippen molar-refractivity contribution in [3.05, 3.63) is 133 Å². The van der Waals surface area contributed by atoms with Gasteiger partial charge in [-0.25, -0.2) is 15.0 Å². The van der Waals surface area contributed by atoms with E-state index in [0.29, 0.717) is 5.95 Å². The molecule has 5 heteroatoms. The van der Waals surface area contributed by atoms with Crippen molar-refractivity contribution in [1.82, 2.24) is 19.5 Å². The molecule has 188 valence electrons. The SMILES string of the molecule is c1ccc(-c2cc(-c3ccccc3)nc(-n3c4ccccc4c4ccc5nc(-c6ccccc6)sc5c43)n2)cc1. The third kappa shape index (κ3) is 3.71. The van der Waals surface area contributed by atoms with Crippen LogP contribution < -0.4 is 0 Å². The van der Waals surface area contributed by atoms with Gasteiger partial charge >= 0.3 is 0 Å². The van der Waals surface area contributed by atoms with E-state index >= 15 is 0 Å². The standard InChI is InChI=1S/C35H22N4S/c1-4-12-23(13-5-1)29-22-30(24-14-6-2-7-15-24)38-35(37-29)39-31-19-11-10-18-26(31)27-20-21-28-33(32(27)39)40-34(36-28)25-16-8-3-9-17-25/h1-22H. The first-order valence-corrected chi connectivity index (χ1v) is 14.0. The highest BCUT2D eigenvalue weighted by molar-refractivity contribution is 7.22. The molecule has 3 aromatic heterocycles. The average molecular weight is 531 g/mol. The molecule has 8 rings (SSSR count). The topological polar surface area (TPSA) is 43.6 Å². The Bertz CT molecular complexity index is 2090. The summed E-state index contributed by atoms with van der Waals surface area (Å²) in [6, 6.07) is 45.9. The van der Waals surface area contributed by atoms with Crippen LogP contribution in [0.1, 0.15) is 0 Å². The van der Waals surface area contributed by atoms with Crippen LogP contribution in [0.4, 0.5) is 0 Å². The van der Waals surface area contributed by atoms with Gasteiger partial charge in [0, 0.05) is 27.5 Å². The molecule has 0 saturated heterocycles. The summed E-state index contributed by atoms with van der Waals surface area (Å²) in [5.74, 6) is 0.647. The van der Waals surface area contributed by atoms with Crippen LogP contribution in [0.3, 0.4) is 0 Å². The lowest BCUT2D eigenvalue weighted by Crippen LogP contribution is -2.04. The van der Waals surface area contributed by atoms with Gasteiger partial charge in [0.2, 0.25) is 5.95 Å². The number of thiazole rings is 1. The van der Waals surface area contributed by atoms with Crippen LogP contribution in [0.2, 0.25) is 0 Å². The van der Waals surface area contributed by atoms with E-state index in [1.807, 2.05) is 42.5 Å². The predicted molar refractivity (Wildman–Crippen MR) is 166 cm³/mol. The number of para-hydroxylation sites is 1. The number of benzene rings is 5. The van der Waals surface area contributed by atoms with Gasteiger partial charge in [-0.15, -0.1) is 11.3 Å². The quantitative estimate of drug-likeness (QED) is 0.228. The summed E-state index contributed by atoms with van der Waals surface area (Å²) in [6.45, 7) is 0. The summed E-state index contributed by atoms with van der Waals surface area (Å²) in [6.07, 6.45) is 0. The molecule has 0 saturated carbocycles. The highest BCUT2D eigenvalue weighted by Crippen LogP contribution is 2.40. The summed E-state index contributed by atoms with van der Waals surface area (Å²) in [7, 11) is 0. The highest BCUT2D eigenvalue weighted by Gasteiger charge is 2.20. The lowest BCUT2D eigenvalue weighted by atomic mass is 10.1. The van der Waals surface area contributed by atoms with E-state index in [2.05, 4.69) is 95.6 Å². The maximum atomic E-state index is 5.18. The Balaban J connectivity index is 1.47. The third-order valence-corrected chi connectivity index (χ3v) is 8.39. The summed E-state index contributed by atoms with van der Waals surface area (Å²) in [4.78, 5) is 15.4. The van der Waals surface area contributed by atoms with Crippen LogP contribution >= 0.6 is 11.3 Å².